The maximum absolute atomic E-state index is 9.49. The fraction of sp³-hybridized carbons (Fsp3) is 0.448. The number of hydrogen-bond donors (Lipinski definition) is 3. The smallest absolute Gasteiger partial charge is 0.155 e. The van der Waals surface area contributed by atoms with Gasteiger partial charge in [-0.25, -0.2) is 0 Å². The molecule has 0 amide bonds. The van der Waals surface area contributed by atoms with E-state index >= 15 is 0 Å². The molecule has 5 N–H and O–H groups in total. The molecule has 1 fully saturated rings. The molecule has 36 heavy (non-hydrogen) atoms. The molecule has 1 aliphatic carbocycles. The van der Waals surface area contributed by atoms with Gasteiger partial charge in [0.25, 0.3) is 0 Å². The van der Waals surface area contributed by atoms with Gasteiger partial charge < -0.3 is 21.6 Å². The molecule has 0 radical (unpaired) electrons. The lowest BCUT2D eigenvalue weighted by Crippen LogP contribution is -2.27. The van der Waals surface area contributed by atoms with Gasteiger partial charge in [0.15, 0.2) is 5.75 Å². The maximum atomic E-state index is 9.49. The standard InChI is InChI=1S/C21H21Cl2N3O.C4H9N.2C2H6/c1-21(2,17-5-3-14(4-6-17)16(12-25)13-26)18-9-15(11-24)20(19(23)10-18)27-8-7-22;5-4-2-1-3-4;2*1-2/h3-6,9-10,12-13,25H,7-8,26H2,1-2H3;4H,1-3,5H2;2*1-2H3/b16-13+,25-12?;;;. The van der Waals surface area contributed by atoms with E-state index in [4.69, 9.17) is 44.8 Å². The lowest BCUT2D eigenvalue weighted by atomic mass is 9.77. The van der Waals surface area contributed by atoms with E-state index in [-0.39, 0.29) is 6.61 Å². The van der Waals surface area contributed by atoms with Crippen molar-refractivity contribution in [3.63, 3.8) is 0 Å². The van der Waals surface area contributed by atoms with Crippen molar-refractivity contribution >= 4 is 35.0 Å². The van der Waals surface area contributed by atoms with Gasteiger partial charge in [0.1, 0.15) is 12.7 Å². The molecule has 1 aliphatic rings. The van der Waals surface area contributed by atoms with Crippen LogP contribution in [0.25, 0.3) is 5.57 Å². The monoisotopic (exact) mass is 532 g/mol. The third-order valence-corrected chi connectivity index (χ3v) is 6.07. The number of rotatable bonds is 7. The number of ether oxygens (including phenoxy) is 1. The summed E-state index contributed by atoms with van der Waals surface area (Å²) in [5, 5.41) is 17.3. The molecule has 3 rings (SSSR count). The van der Waals surface area contributed by atoms with Crippen LogP contribution in [0, 0.1) is 16.7 Å². The predicted octanol–water partition coefficient (Wildman–Crippen LogP) is 7.65. The van der Waals surface area contributed by atoms with Crippen LogP contribution in [0.5, 0.6) is 5.75 Å². The second-order valence-electron chi connectivity index (χ2n) is 8.14. The van der Waals surface area contributed by atoms with Crippen molar-refractivity contribution in [2.45, 2.75) is 72.3 Å². The first kappa shape index (κ1) is 33.5. The zero-order chi connectivity index (χ0) is 27.7. The summed E-state index contributed by atoms with van der Waals surface area (Å²) in [6, 6.07) is 14.2. The second kappa shape index (κ2) is 17.8. The third-order valence-electron chi connectivity index (χ3n) is 5.63. The topological polar surface area (TPSA) is 109 Å². The summed E-state index contributed by atoms with van der Waals surface area (Å²) < 4.78 is 5.52. The number of alkyl halides is 1. The van der Waals surface area contributed by atoms with E-state index in [0.29, 0.717) is 33.8 Å². The first-order chi connectivity index (χ1) is 17.3. The second-order valence-corrected chi connectivity index (χ2v) is 8.93. The highest BCUT2D eigenvalue weighted by molar-refractivity contribution is 6.32. The first-order valence-electron chi connectivity index (χ1n) is 12.5. The Kier molecular flexibility index (Phi) is 16.6. The Morgan fingerprint density at radius 1 is 1.14 bits per heavy atom. The quantitative estimate of drug-likeness (QED) is 0.251. The molecule has 2 aromatic carbocycles. The van der Waals surface area contributed by atoms with Gasteiger partial charge in [-0.2, -0.15) is 5.26 Å². The number of nitrogens with one attached hydrogen (secondary N) is 1. The van der Waals surface area contributed by atoms with Crippen molar-refractivity contribution in [2.75, 3.05) is 12.5 Å². The third kappa shape index (κ3) is 9.50. The van der Waals surface area contributed by atoms with Crippen LogP contribution in [0.15, 0.2) is 42.6 Å². The Labute approximate surface area is 227 Å². The molecule has 0 unspecified atom stereocenters. The van der Waals surface area contributed by atoms with Gasteiger partial charge in [0.05, 0.1) is 16.5 Å². The number of benzene rings is 2. The SMILES string of the molecule is CC.CC.CC(C)(c1ccc(/C(C=N)=C/N)cc1)c1cc(Cl)c(OCCCl)c(C#N)c1.NC1CCC1. The van der Waals surface area contributed by atoms with Crippen molar-refractivity contribution < 1.29 is 4.74 Å². The lowest BCUT2D eigenvalue weighted by Gasteiger charge is -2.27. The van der Waals surface area contributed by atoms with E-state index in [2.05, 4.69) is 19.9 Å². The minimum Gasteiger partial charge on any atom is -0.489 e. The van der Waals surface area contributed by atoms with Gasteiger partial charge in [-0.15, -0.1) is 11.6 Å². The molecule has 0 atom stereocenters. The number of nitrogens with two attached hydrogens (primary N) is 2. The summed E-state index contributed by atoms with van der Waals surface area (Å²) in [4.78, 5) is 0. The van der Waals surface area contributed by atoms with Crippen LogP contribution in [0.3, 0.4) is 0 Å². The van der Waals surface area contributed by atoms with Crippen LogP contribution < -0.4 is 16.2 Å². The zero-order valence-corrected chi connectivity index (χ0v) is 24.0. The molecule has 0 spiro atoms. The molecular weight excluding hydrogens is 491 g/mol. The van der Waals surface area contributed by atoms with Crippen molar-refractivity contribution in [3.8, 4) is 11.8 Å². The zero-order valence-electron chi connectivity index (χ0n) is 22.5. The fourth-order valence-electron chi connectivity index (χ4n) is 3.24. The summed E-state index contributed by atoms with van der Waals surface area (Å²) in [5.74, 6) is 0.675. The average Bonchev–Trinajstić information content (AvgIpc) is 2.90. The summed E-state index contributed by atoms with van der Waals surface area (Å²) >= 11 is 12.0. The Morgan fingerprint density at radius 3 is 2.08 bits per heavy atom. The van der Waals surface area contributed by atoms with Crippen molar-refractivity contribution in [3.05, 3.63) is 69.9 Å². The van der Waals surface area contributed by atoms with Gasteiger partial charge in [-0.1, -0.05) is 83.8 Å². The van der Waals surface area contributed by atoms with Crippen LogP contribution in [0.2, 0.25) is 5.02 Å². The first-order valence-corrected chi connectivity index (χ1v) is 13.4. The Hall–Kier alpha value is -2.52. The Morgan fingerprint density at radius 2 is 1.69 bits per heavy atom. The molecule has 0 saturated heterocycles. The molecule has 0 bridgehead atoms. The lowest BCUT2D eigenvalue weighted by molar-refractivity contribution is 0.341. The van der Waals surface area contributed by atoms with E-state index in [1.54, 1.807) is 6.07 Å². The molecule has 0 heterocycles. The highest BCUT2D eigenvalue weighted by atomic mass is 35.5. The Bertz CT molecular complexity index is 992. The molecule has 7 heteroatoms. The average molecular weight is 534 g/mol. The van der Waals surface area contributed by atoms with Gasteiger partial charge in [0.2, 0.25) is 0 Å². The van der Waals surface area contributed by atoms with E-state index in [1.807, 2.05) is 58.0 Å². The number of nitriles is 1. The molecule has 1 saturated carbocycles. The number of nitrogens with zero attached hydrogens (tertiary/aromatic N) is 1. The van der Waals surface area contributed by atoms with E-state index < -0.39 is 5.41 Å². The van der Waals surface area contributed by atoms with Crippen LogP contribution in [-0.4, -0.2) is 24.7 Å². The number of halogens is 2. The summed E-state index contributed by atoms with van der Waals surface area (Å²) in [5.41, 5.74) is 14.4. The van der Waals surface area contributed by atoms with Crippen molar-refractivity contribution in [2.24, 2.45) is 11.5 Å². The predicted molar refractivity (Wildman–Crippen MR) is 156 cm³/mol. The number of allylic oxidation sites excluding steroid dienone is 1. The minimum atomic E-state index is -0.393. The van der Waals surface area contributed by atoms with Gasteiger partial charge in [-0.05, 0) is 41.7 Å². The van der Waals surface area contributed by atoms with Crippen molar-refractivity contribution in [1.82, 2.24) is 0 Å². The van der Waals surface area contributed by atoms with E-state index in [0.717, 1.165) is 16.7 Å². The molecule has 5 nitrogen and oxygen atoms in total. The van der Waals surface area contributed by atoms with Gasteiger partial charge in [-0.3, -0.25) is 0 Å². The van der Waals surface area contributed by atoms with Gasteiger partial charge >= 0.3 is 0 Å². The van der Waals surface area contributed by atoms with E-state index in [1.165, 1.54) is 31.7 Å². The van der Waals surface area contributed by atoms with Crippen molar-refractivity contribution in [1.29, 1.82) is 10.7 Å². The van der Waals surface area contributed by atoms with Crippen LogP contribution in [0.4, 0.5) is 0 Å². The molecule has 0 aliphatic heterocycles. The highest BCUT2D eigenvalue weighted by Gasteiger charge is 2.26. The van der Waals surface area contributed by atoms with Gasteiger partial charge in [0, 0.05) is 29.4 Å². The van der Waals surface area contributed by atoms with Crippen LogP contribution in [-0.2, 0) is 5.41 Å². The fourth-order valence-corrected chi connectivity index (χ4v) is 3.59. The normalized spacial score (nSPS) is 12.7. The summed E-state index contributed by atoms with van der Waals surface area (Å²) in [6.45, 7) is 12.4. The minimum absolute atomic E-state index is 0.282. The van der Waals surface area contributed by atoms with Crippen LogP contribution >= 0.6 is 23.2 Å². The maximum Gasteiger partial charge on any atom is 0.155 e. The summed E-state index contributed by atoms with van der Waals surface area (Å²) in [6.07, 6.45) is 6.52. The molecular formula is C29H42Cl2N4O. The molecule has 198 valence electrons. The van der Waals surface area contributed by atoms with E-state index in [9.17, 15) is 5.26 Å². The summed E-state index contributed by atoms with van der Waals surface area (Å²) in [7, 11) is 0. The molecule has 0 aromatic heterocycles. The Balaban J connectivity index is 0.00000117. The highest BCUT2D eigenvalue weighted by Crippen LogP contribution is 2.38. The van der Waals surface area contributed by atoms with Crippen LogP contribution in [0.1, 0.15) is 83.1 Å². The molecule has 2 aromatic rings. The largest absolute Gasteiger partial charge is 0.489 e. The number of hydrogen-bond acceptors (Lipinski definition) is 5.